The maximum atomic E-state index is 12.8. The van der Waals surface area contributed by atoms with E-state index in [1.165, 1.54) is 18.9 Å². The van der Waals surface area contributed by atoms with E-state index in [1.54, 1.807) is 27.8 Å². The van der Waals surface area contributed by atoms with E-state index in [4.69, 9.17) is 23.7 Å². The number of nitrogens with zero attached hydrogens (tertiary/aromatic N) is 1. The number of hydrogen-bond donors (Lipinski definition) is 4. The molecule has 3 aliphatic rings. The minimum atomic E-state index is -1.57. The molecule has 1 aliphatic carbocycles. The maximum absolute atomic E-state index is 12.8. The largest absolute Gasteiger partial charge is 0.469 e. The van der Waals surface area contributed by atoms with Crippen molar-refractivity contribution >= 4 is 6.09 Å². The fraction of sp³-hybridized carbons (Fsp3) is 0.893. The number of aliphatic hydroxyl groups is 3. The van der Waals surface area contributed by atoms with Gasteiger partial charge < -0.3 is 49.2 Å². The molecule has 11 atom stereocenters. The number of allylic oxidation sites excluding steroid dienone is 2. The van der Waals surface area contributed by atoms with Gasteiger partial charge in [0.05, 0.1) is 24.5 Å². The highest BCUT2D eigenvalue weighted by Crippen LogP contribution is 2.36. The van der Waals surface area contributed by atoms with Gasteiger partial charge in [-0.2, -0.15) is 0 Å². The molecule has 2 heterocycles. The number of nitrogens with one attached hydrogen (secondary N) is 1. The first-order valence-corrected chi connectivity index (χ1v) is 14.1. The average Bonchev–Trinajstić information content (AvgIpc) is 2.84. The van der Waals surface area contributed by atoms with Crippen molar-refractivity contribution in [3.05, 3.63) is 11.8 Å². The van der Waals surface area contributed by atoms with Crippen molar-refractivity contribution in [3.63, 3.8) is 0 Å². The van der Waals surface area contributed by atoms with Crippen LogP contribution >= 0.6 is 0 Å². The second-order valence-electron chi connectivity index (χ2n) is 12.6. The maximum Gasteiger partial charge on any atom is 0.410 e. The van der Waals surface area contributed by atoms with Crippen molar-refractivity contribution in [2.75, 3.05) is 20.7 Å². The van der Waals surface area contributed by atoms with Gasteiger partial charge in [0, 0.05) is 25.4 Å². The Morgan fingerprint density at radius 1 is 1.15 bits per heavy atom. The van der Waals surface area contributed by atoms with E-state index in [0.29, 0.717) is 6.42 Å². The lowest BCUT2D eigenvalue weighted by Crippen LogP contribution is -2.68. The predicted molar refractivity (Wildman–Crippen MR) is 144 cm³/mol. The molecule has 1 unspecified atom stereocenters. The Morgan fingerprint density at radius 3 is 2.38 bits per heavy atom. The third kappa shape index (κ3) is 7.44. The first-order chi connectivity index (χ1) is 18.1. The van der Waals surface area contributed by atoms with Crippen LogP contribution in [0.4, 0.5) is 4.79 Å². The molecule has 0 aromatic heterocycles. The van der Waals surface area contributed by atoms with Crippen molar-refractivity contribution in [3.8, 4) is 0 Å². The molecular formula is C28H50N2O9. The first kappa shape index (κ1) is 32.0. The van der Waals surface area contributed by atoms with Gasteiger partial charge in [-0.15, -0.1) is 0 Å². The summed E-state index contributed by atoms with van der Waals surface area (Å²) in [7, 11) is 3.24. The van der Waals surface area contributed by atoms with Gasteiger partial charge in [0.1, 0.15) is 29.5 Å². The van der Waals surface area contributed by atoms with Crippen LogP contribution in [-0.4, -0.2) is 107 Å². The number of amides is 1. The number of aliphatic hydroxyl groups excluding tert-OH is 2. The van der Waals surface area contributed by atoms with Gasteiger partial charge in [-0.3, -0.25) is 0 Å². The Kier molecular flexibility index (Phi) is 10.3. The summed E-state index contributed by atoms with van der Waals surface area (Å²) in [5.74, 6) is 0.993. The molecule has 1 saturated heterocycles. The molecule has 2 aliphatic heterocycles. The monoisotopic (exact) mass is 558 g/mol. The molecule has 0 radical (unpaired) electrons. The molecule has 0 spiro atoms. The number of ether oxygens (including phenoxy) is 5. The normalized spacial score (nSPS) is 41.4. The fourth-order valence-electron chi connectivity index (χ4n) is 5.71. The van der Waals surface area contributed by atoms with Crippen molar-refractivity contribution in [2.45, 2.75) is 128 Å². The van der Waals surface area contributed by atoms with Crippen LogP contribution in [0.3, 0.4) is 0 Å². The third-order valence-electron chi connectivity index (χ3n) is 7.89. The number of carbonyl (C=O) groups is 1. The molecule has 11 heteroatoms. The van der Waals surface area contributed by atoms with Crippen molar-refractivity contribution in [1.82, 2.24) is 10.2 Å². The zero-order valence-electron chi connectivity index (χ0n) is 24.9. The molecule has 4 N–H and O–H groups in total. The van der Waals surface area contributed by atoms with Crippen LogP contribution in [0.2, 0.25) is 0 Å². The van der Waals surface area contributed by atoms with E-state index in [0.717, 1.165) is 18.6 Å². The summed E-state index contributed by atoms with van der Waals surface area (Å²) < 4.78 is 29.9. The molecule has 0 aromatic carbocycles. The lowest BCUT2D eigenvalue weighted by Gasteiger charge is -2.50. The van der Waals surface area contributed by atoms with E-state index in [9.17, 15) is 20.1 Å². The molecule has 39 heavy (non-hydrogen) atoms. The lowest BCUT2D eigenvalue weighted by molar-refractivity contribution is -0.313. The quantitative estimate of drug-likeness (QED) is 0.367. The van der Waals surface area contributed by atoms with Gasteiger partial charge in [0.15, 0.2) is 6.29 Å². The van der Waals surface area contributed by atoms with E-state index in [2.05, 4.69) is 18.3 Å². The molecule has 1 amide bonds. The van der Waals surface area contributed by atoms with Crippen LogP contribution in [-0.2, 0) is 23.7 Å². The van der Waals surface area contributed by atoms with Crippen molar-refractivity contribution in [2.24, 2.45) is 11.8 Å². The number of likely N-dealkylation sites (N-methyl/N-ethyl adjacent to an activating group) is 2. The molecule has 11 nitrogen and oxygen atoms in total. The first-order valence-electron chi connectivity index (χ1n) is 14.1. The van der Waals surface area contributed by atoms with Crippen molar-refractivity contribution in [1.29, 1.82) is 0 Å². The van der Waals surface area contributed by atoms with Crippen molar-refractivity contribution < 1.29 is 43.8 Å². The van der Waals surface area contributed by atoms with E-state index < -0.39 is 60.3 Å². The molecule has 0 aromatic rings. The van der Waals surface area contributed by atoms with Gasteiger partial charge in [0.25, 0.3) is 0 Å². The van der Waals surface area contributed by atoms with Crippen LogP contribution in [0.1, 0.15) is 67.7 Å². The highest BCUT2D eigenvalue weighted by Gasteiger charge is 2.53. The molecule has 1 saturated carbocycles. The Bertz CT molecular complexity index is 860. The summed E-state index contributed by atoms with van der Waals surface area (Å²) in [5, 5.41) is 37.1. The van der Waals surface area contributed by atoms with Crippen LogP contribution in [0, 0.1) is 11.8 Å². The van der Waals surface area contributed by atoms with Gasteiger partial charge in [-0.1, -0.05) is 20.8 Å². The number of carbonyl (C=O) groups excluding carboxylic acids is 1. The molecular weight excluding hydrogens is 508 g/mol. The van der Waals surface area contributed by atoms with Crippen LogP contribution < -0.4 is 5.32 Å². The molecule has 3 rings (SSSR count). The summed E-state index contributed by atoms with van der Waals surface area (Å²) in [6, 6.07) is -1.34. The minimum Gasteiger partial charge on any atom is -0.469 e. The summed E-state index contributed by atoms with van der Waals surface area (Å²) in [6.45, 7) is 12.6. The zero-order chi connectivity index (χ0) is 29.3. The topological polar surface area (TPSA) is 139 Å². The Balaban J connectivity index is 1.77. The van der Waals surface area contributed by atoms with Crippen LogP contribution in [0.15, 0.2) is 11.8 Å². The van der Waals surface area contributed by atoms with E-state index in [1.807, 2.05) is 13.8 Å². The Labute approximate surface area is 232 Å². The van der Waals surface area contributed by atoms with E-state index >= 15 is 0 Å². The fourth-order valence-corrected chi connectivity index (χ4v) is 5.71. The summed E-state index contributed by atoms with van der Waals surface area (Å²) in [4.78, 5) is 14.0. The summed E-state index contributed by atoms with van der Waals surface area (Å²) >= 11 is 0. The average molecular weight is 559 g/mol. The summed E-state index contributed by atoms with van der Waals surface area (Å²) in [5.41, 5.74) is -2.33. The SMILES string of the molecule is CCC1=CC[C@@H](C)[C@@H](OC2[C@@H](C)C[C@@H](NC)[C@H](O[C@H]3OC[C@](C)(O)[C@H](N(C)C(=O)OC(C)(C)C)[C@H]3O)[C@H]2O)O1. The lowest BCUT2D eigenvalue weighted by atomic mass is 9.80. The molecule has 0 bridgehead atoms. The minimum absolute atomic E-state index is 0.00642. The second kappa shape index (κ2) is 12.6. The summed E-state index contributed by atoms with van der Waals surface area (Å²) in [6.07, 6.45) is -1.94. The van der Waals surface area contributed by atoms with E-state index in [-0.39, 0.29) is 24.5 Å². The van der Waals surface area contributed by atoms with Crippen LogP contribution in [0.25, 0.3) is 0 Å². The standard InChI is InChI=1S/C28H50N2O9/c1-10-17-12-11-15(2)24(36-17)37-21-16(3)13-18(29-8)22(19(21)31)38-25-20(32)23(28(7,34)14-35-25)30(9)26(33)39-27(4,5)6/h12,15-16,18-25,29,31-32,34H,10-11,13-14H2,1-9H3/t15-,16+,18-,19+,20-,21?,22+,23-,24-,25-,28+/m1/s1. The number of rotatable bonds is 7. The third-order valence-corrected chi connectivity index (χ3v) is 7.89. The highest BCUT2D eigenvalue weighted by atomic mass is 16.7. The molecule has 2 fully saturated rings. The molecule has 226 valence electrons. The smallest absolute Gasteiger partial charge is 0.410 e. The predicted octanol–water partition coefficient (Wildman–Crippen LogP) is 2.13. The number of hydrogen-bond acceptors (Lipinski definition) is 10. The van der Waals surface area contributed by atoms with Crippen LogP contribution in [0.5, 0.6) is 0 Å². The van der Waals surface area contributed by atoms with Gasteiger partial charge in [-0.25, -0.2) is 4.79 Å². The highest BCUT2D eigenvalue weighted by molar-refractivity contribution is 5.68. The van der Waals surface area contributed by atoms with Gasteiger partial charge in [-0.05, 0) is 59.6 Å². The Morgan fingerprint density at radius 2 is 1.79 bits per heavy atom. The zero-order valence-corrected chi connectivity index (χ0v) is 24.9. The second-order valence-corrected chi connectivity index (χ2v) is 12.6. The Hall–Kier alpha value is -1.47. The van der Waals surface area contributed by atoms with Gasteiger partial charge >= 0.3 is 6.09 Å². The van der Waals surface area contributed by atoms with Gasteiger partial charge in [0.2, 0.25) is 6.29 Å².